The zero-order valence-electron chi connectivity index (χ0n) is 9.27. The van der Waals surface area contributed by atoms with Crippen LogP contribution in [0.15, 0.2) is 18.6 Å². The summed E-state index contributed by atoms with van der Waals surface area (Å²) < 4.78 is 12.0. The summed E-state index contributed by atoms with van der Waals surface area (Å²) in [5, 5.41) is 3.34. The predicted molar refractivity (Wildman–Crippen MR) is 61.1 cm³/mol. The van der Waals surface area contributed by atoms with E-state index in [-0.39, 0.29) is 6.67 Å². The number of likely N-dealkylation sites (tertiary alicyclic amines) is 1. The van der Waals surface area contributed by atoms with Gasteiger partial charge in [0.2, 0.25) is 0 Å². The van der Waals surface area contributed by atoms with Crippen LogP contribution in [0.5, 0.6) is 0 Å². The molecule has 0 bridgehead atoms. The number of aromatic nitrogens is 2. The van der Waals surface area contributed by atoms with Crippen molar-refractivity contribution in [1.29, 1.82) is 0 Å². The molecule has 0 aliphatic carbocycles. The lowest BCUT2D eigenvalue weighted by molar-refractivity contribution is 0.310. The lowest BCUT2D eigenvalue weighted by atomic mass is 10.3. The van der Waals surface area contributed by atoms with E-state index < -0.39 is 0 Å². The molecule has 0 spiro atoms. The Bertz CT molecular complexity index is 306. The first-order valence-corrected chi connectivity index (χ1v) is 5.69. The maximum absolute atomic E-state index is 12.0. The molecule has 1 N–H and O–H groups in total. The van der Waals surface area contributed by atoms with Crippen molar-refractivity contribution >= 4 is 5.82 Å². The molecule has 16 heavy (non-hydrogen) atoms. The number of rotatable bonds is 5. The van der Waals surface area contributed by atoms with Gasteiger partial charge in [-0.05, 0) is 12.8 Å². The minimum Gasteiger partial charge on any atom is -0.365 e. The Morgan fingerprint density at radius 3 is 3.19 bits per heavy atom. The smallest absolute Gasteiger partial charge is 0.144 e. The van der Waals surface area contributed by atoms with E-state index >= 15 is 0 Å². The van der Waals surface area contributed by atoms with E-state index in [2.05, 4.69) is 20.2 Å². The summed E-state index contributed by atoms with van der Waals surface area (Å²) >= 11 is 0. The monoisotopic (exact) mass is 224 g/mol. The van der Waals surface area contributed by atoms with Gasteiger partial charge in [0.1, 0.15) is 5.82 Å². The van der Waals surface area contributed by atoms with Gasteiger partial charge in [0.05, 0.1) is 12.9 Å². The molecule has 4 nitrogen and oxygen atoms in total. The summed E-state index contributed by atoms with van der Waals surface area (Å²) in [5.74, 6) is 0.819. The molecule has 88 valence electrons. The SMILES string of the molecule is FCCCN1CC[C@H](Nc2cnccn2)C1. The lowest BCUT2D eigenvalue weighted by Gasteiger charge is -2.15. The second kappa shape index (κ2) is 5.75. The largest absolute Gasteiger partial charge is 0.365 e. The highest BCUT2D eigenvalue weighted by molar-refractivity contribution is 5.31. The zero-order chi connectivity index (χ0) is 11.2. The summed E-state index contributed by atoms with van der Waals surface area (Å²) in [6.07, 6.45) is 6.79. The fraction of sp³-hybridized carbons (Fsp3) is 0.636. The van der Waals surface area contributed by atoms with E-state index in [1.165, 1.54) is 0 Å². The Labute approximate surface area is 94.9 Å². The number of anilines is 1. The van der Waals surface area contributed by atoms with Gasteiger partial charge >= 0.3 is 0 Å². The fourth-order valence-corrected chi connectivity index (χ4v) is 2.02. The second-order valence-electron chi connectivity index (χ2n) is 4.06. The topological polar surface area (TPSA) is 41.0 Å². The number of halogens is 1. The standard InChI is InChI=1S/C11H17FN4/c12-3-1-6-16-7-2-10(9-16)15-11-8-13-4-5-14-11/h4-5,8,10H,1-3,6-7,9H2,(H,14,15)/t10-/m0/s1. The van der Waals surface area contributed by atoms with Gasteiger partial charge < -0.3 is 10.2 Å². The molecule has 0 amide bonds. The second-order valence-corrected chi connectivity index (χ2v) is 4.06. The van der Waals surface area contributed by atoms with Crippen LogP contribution in [0, 0.1) is 0 Å². The third kappa shape index (κ3) is 3.13. The third-order valence-electron chi connectivity index (χ3n) is 2.80. The van der Waals surface area contributed by atoms with Gasteiger partial charge in [-0.2, -0.15) is 0 Å². The molecule has 1 fully saturated rings. The van der Waals surface area contributed by atoms with Crippen molar-refractivity contribution in [2.75, 3.05) is 31.6 Å². The average molecular weight is 224 g/mol. The molecule has 1 aromatic rings. The van der Waals surface area contributed by atoms with Gasteiger partial charge in [0.15, 0.2) is 0 Å². The predicted octanol–water partition coefficient (Wildman–Crippen LogP) is 1.32. The quantitative estimate of drug-likeness (QED) is 0.819. The Hall–Kier alpha value is -1.23. The molecule has 0 radical (unpaired) electrons. The van der Waals surface area contributed by atoms with Crippen molar-refractivity contribution in [3.05, 3.63) is 18.6 Å². The van der Waals surface area contributed by atoms with E-state index in [1.54, 1.807) is 18.6 Å². The molecule has 1 aliphatic heterocycles. The van der Waals surface area contributed by atoms with Crippen LogP contribution in [0.25, 0.3) is 0 Å². The van der Waals surface area contributed by atoms with Crippen LogP contribution in [0.1, 0.15) is 12.8 Å². The van der Waals surface area contributed by atoms with Crippen LogP contribution in [0.3, 0.4) is 0 Å². The maximum Gasteiger partial charge on any atom is 0.144 e. The summed E-state index contributed by atoms with van der Waals surface area (Å²) in [4.78, 5) is 10.5. The van der Waals surface area contributed by atoms with Crippen LogP contribution < -0.4 is 5.32 Å². The molecule has 1 aliphatic rings. The number of alkyl halides is 1. The fourth-order valence-electron chi connectivity index (χ4n) is 2.02. The Morgan fingerprint density at radius 2 is 2.44 bits per heavy atom. The van der Waals surface area contributed by atoms with E-state index in [1.807, 2.05) is 0 Å². The van der Waals surface area contributed by atoms with Crippen molar-refractivity contribution in [2.24, 2.45) is 0 Å². The van der Waals surface area contributed by atoms with Crippen molar-refractivity contribution in [2.45, 2.75) is 18.9 Å². The summed E-state index contributed by atoms with van der Waals surface area (Å²) in [6, 6.07) is 0.413. The molecular formula is C11H17FN4. The summed E-state index contributed by atoms with van der Waals surface area (Å²) in [5.41, 5.74) is 0. The Morgan fingerprint density at radius 1 is 1.50 bits per heavy atom. The van der Waals surface area contributed by atoms with Crippen molar-refractivity contribution in [3.63, 3.8) is 0 Å². The molecule has 5 heteroatoms. The molecule has 2 heterocycles. The van der Waals surface area contributed by atoms with Crippen molar-refractivity contribution in [1.82, 2.24) is 14.9 Å². The first-order valence-electron chi connectivity index (χ1n) is 5.69. The molecule has 2 rings (SSSR count). The van der Waals surface area contributed by atoms with Gasteiger partial charge in [0.25, 0.3) is 0 Å². The highest BCUT2D eigenvalue weighted by Crippen LogP contribution is 2.13. The minimum atomic E-state index is -0.223. The van der Waals surface area contributed by atoms with Crippen LogP contribution in [-0.2, 0) is 0 Å². The summed E-state index contributed by atoms with van der Waals surface area (Å²) in [6.45, 7) is 2.64. The van der Waals surface area contributed by atoms with Crippen LogP contribution >= 0.6 is 0 Å². The average Bonchev–Trinajstić information content (AvgIpc) is 2.75. The number of nitrogens with zero attached hydrogens (tertiary/aromatic N) is 3. The lowest BCUT2D eigenvalue weighted by Crippen LogP contribution is -2.27. The highest BCUT2D eigenvalue weighted by atomic mass is 19.1. The minimum absolute atomic E-state index is 0.223. The normalized spacial score (nSPS) is 21.2. The van der Waals surface area contributed by atoms with E-state index in [0.717, 1.165) is 31.9 Å². The molecule has 0 unspecified atom stereocenters. The van der Waals surface area contributed by atoms with Gasteiger partial charge in [0, 0.05) is 38.1 Å². The summed E-state index contributed by atoms with van der Waals surface area (Å²) in [7, 11) is 0. The van der Waals surface area contributed by atoms with E-state index in [0.29, 0.717) is 12.5 Å². The Kier molecular flexibility index (Phi) is 4.04. The molecule has 1 saturated heterocycles. The Balaban J connectivity index is 1.76. The maximum atomic E-state index is 12.0. The highest BCUT2D eigenvalue weighted by Gasteiger charge is 2.21. The first-order chi connectivity index (χ1) is 7.88. The first kappa shape index (κ1) is 11.3. The van der Waals surface area contributed by atoms with Crippen molar-refractivity contribution in [3.8, 4) is 0 Å². The number of hydrogen-bond donors (Lipinski definition) is 1. The van der Waals surface area contributed by atoms with Gasteiger partial charge in [-0.3, -0.25) is 9.37 Å². The molecule has 1 atom stereocenters. The number of hydrogen-bond acceptors (Lipinski definition) is 4. The van der Waals surface area contributed by atoms with E-state index in [9.17, 15) is 4.39 Å². The van der Waals surface area contributed by atoms with Gasteiger partial charge in [-0.1, -0.05) is 0 Å². The van der Waals surface area contributed by atoms with Crippen molar-refractivity contribution < 1.29 is 4.39 Å². The molecule has 1 aromatic heterocycles. The van der Waals surface area contributed by atoms with Gasteiger partial charge in [-0.25, -0.2) is 4.98 Å². The van der Waals surface area contributed by atoms with Crippen LogP contribution in [-0.4, -0.2) is 47.2 Å². The van der Waals surface area contributed by atoms with Gasteiger partial charge in [-0.15, -0.1) is 0 Å². The third-order valence-corrected chi connectivity index (χ3v) is 2.80. The van der Waals surface area contributed by atoms with Crippen LogP contribution in [0.2, 0.25) is 0 Å². The number of nitrogens with one attached hydrogen (secondary N) is 1. The zero-order valence-corrected chi connectivity index (χ0v) is 9.27. The molecule has 0 saturated carbocycles. The molecule has 0 aromatic carbocycles. The molecular weight excluding hydrogens is 207 g/mol. The van der Waals surface area contributed by atoms with Crippen LogP contribution in [0.4, 0.5) is 10.2 Å². The van der Waals surface area contributed by atoms with E-state index in [4.69, 9.17) is 0 Å².